The van der Waals surface area contributed by atoms with Gasteiger partial charge in [0.15, 0.2) is 0 Å². The Morgan fingerprint density at radius 3 is 2.31 bits per heavy atom. The van der Waals surface area contributed by atoms with Crippen molar-refractivity contribution in [2.24, 2.45) is 5.41 Å². The van der Waals surface area contributed by atoms with Crippen LogP contribution in [0, 0.1) is 22.6 Å². The van der Waals surface area contributed by atoms with E-state index in [4.69, 9.17) is 11.6 Å². The van der Waals surface area contributed by atoms with E-state index >= 15 is 4.39 Å². The summed E-state index contributed by atoms with van der Waals surface area (Å²) < 4.78 is 58.9. The smallest absolute Gasteiger partial charge is 0.385 e. The topological polar surface area (TPSA) is 79.2 Å². The molecule has 36 heavy (non-hydrogen) atoms. The van der Waals surface area contributed by atoms with Crippen LogP contribution in [0.15, 0.2) is 46.9 Å². The Morgan fingerprint density at radius 1 is 1.17 bits per heavy atom. The molecular formula is C25H22BrClF4N2O3. The molecule has 1 aliphatic rings. The van der Waals surface area contributed by atoms with Crippen LogP contribution in [0.2, 0.25) is 5.02 Å². The number of carbonyl (C=O) groups is 2. The van der Waals surface area contributed by atoms with Gasteiger partial charge in [0.05, 0.1) is 11.1 Å². The summed E-state index contributed by atoms with van der Waals surface area (Å²) in [5.74, 6) is -6.60. The Kier molecular flexibility index (Phi) is 7.89. The third kappa shape index (κ3) is 5.43. The molecule has 4 atom stereocenters. The van der Waals surface area contributed by atoms with Crippen LogP contribution in [0.3, 0.4) is 0 Å². The Labute approximate surface area is 218 Å². The molecule has 0 bridgehead atoms. The molecule has 1 saturated heterocycles. The minimum Gasteiger partial charge on any atom is -0.385 e. The molecule has 1 fully saturated rings. The maximum atomic E-state index is 15.4. The molecule has 0 aliphatic carbocycles. The summed E-state index contributed by atoms with van der Waals surface area (Å²) in [6, 6.07) is 10.3. The number of nitrogens with one attached hydrogen (secondary N) is 1. The van der Waals surface area contributed by atoms with E-state index in [-0.39, 0.29) is 17.0 Å². The standard InChI is InChI=1S/C25H22BrClF4N2O3/c1-23(2,3)11-17-24(12-32,13-7-9-14(26)10-8-13)18(15-5-4-6-16(27)19(15)28)20(33-17)21(34)36-22(35)25(29,30)31/h4-10,17-18,20,33H,11H2,1-3H3/t17-,18-,20+,24-/m0/s1. The van der Waals surface area contributed by atoms with Crippen molar-refractivity contribution in [3.8, 4) is 6.07 Å². The highest BCUT2D eigenvalue weighted by atomic mass is 79.9. The fraction of sp³-hybridized carbons (Fsp3) is 0.400. The summed E-state index contributed by atoms with van der Waals surface area (Å²) >= 11 is 9.33. The summed E-state index contributed by atoms with van der Waals surface area (Å²) in [6.07, 6.45) is -5.15. The molecule has 5 nitrogen and oxygen atoms in total. The second-order valence-corrected chi connectivity index (χ2v) is 11.1. The molecule has 192 valence electrons. The number of esters is 2. The number of nitriles is 1. The average molecular weight is 590 g/mol. The molecule has 2 aromatic carbocycles. The van der Waals surface area contributed by atoms with Gasteiger partial charge in [-0.25, -0.2) is 14.0 Å². The van der Waals surface area contributed by atoms with Crippen LogP contribution < -0.4 is 5.32 Å². The minimum absolute atomic E-state index is 0.169. The summed E-state index contributed by atoms with van der Waals surface area (Å²) in [7, 11) is 0. The van der Waals surface area contributed by atoms with Crippen molar-refractivity contribution in [1.82, 2.24) is 5.32 Å². The van der Waals surface area contributed by atoms with Gasteiger partial charge in [-0.05, 0) is 41.2 Å². The lowest BCUT2D eigenvalue weighted by Gasteiger charge is -2.37. The molecule has 2 aromatic rings. The minimum atomic E-state index is -5.42. The first kappa shape index (κ1) is 28.1. The maximum Gasteiger partial charge on any atom is 0.491 e. The Bertz CT molecular complexity index is 1210. The lowest BCUT2D eigenvalue weighted by atomic mass is 9.63. The van der Waals surface area contributed by atoms with Crippen LogP contribution in [0.4, 0.5) is 17.6 Å². The zero-order valence-electron chi connectivity index (χ0n) is 19.4. The number of alkyl halides is 3. The van der Waals surface area contributed by atoms with E-state index < -0.39 is 52.8 Å². The number of nitrogens with zero attached hydrogens (tertiary/aromatic N) is 1. The van der Waals surface area contributed by atoms with Crippen LogP contribution in [0.25, 0.3) is 0 Å². The molecule has 0 aromatic heterocycles. The Balaban J connectivity index is 2.29. The van der Waals surface area contributed by atoms with Crippen LogP contribution in [0.5, 0.6) is 0 Å². The summed E-state index contributed by atoms with van der Waals surface area (Å²) in [5, 5.41) is 13.3. The molecule has 3 rings (SSSR count). The fourth-order valence-electron chi connectivity index (χ4n) is 4.68. The first-order valence-corrected chi connectivity index (χ1v) is 12.0. The van der Waals surface area contributed by atoms with Gasteiger partial charge in [0.25, 0.3) is 0 Å². The number of hydrogen-bond donors (Lipinski definition) is 1. The third-order valence-electron chi connectivity index (χ3n) is 6.07. The monoisotopic (exact) mass is 588 g/mol. The quantitative estimate of drug-likeness (QED) is 0.261. The van der Waals surface area contributed by atoms with Gasteiger partial charge in [-0.1, -0.05) is 72.6 Å². The van der Waals surface area contributed by atoms with E-state index in [0.717, 1.165) is 0 Å². The number of carbonyl (C=O) groups excluding carboxylic acids is 2. The van der Waals surface area contributed by atoms with Crippen LogP contribution in [-0.2, 0) is 19.7 Å². The zero-order chi connectivity index (χ0) is 27.1. The molecule has 1 heterocycles. The molecule has 0 spiro atoms. The van der Waals surface area contributed by atoms with Crippen LogP contribution in [-0.4, -0.2) is 30.2 Å². The Morgan fingerprint density at radius 2 is 1.78 bits per heavy atom. The van der Waals surface area contributed by atoms with Crippen molar-refractivity contribution in [2.75, 3.05) is 0 Å². The van der Waals surface area contributed by atoms with E-state index in [1.807, 2.05) is 20.8 Å². The molecule has 0 unspecified atom stereocenters. The SMILES string of the molecule is CC(C)(C)C[C@@H]1N[C@@H](C(=O)OC(=O)C(F)(F)F)[C@H](c2cccc(Cl)c2F)[C@@]1(C#N)c1ccc(Br)cc1. The second kappa shape index (κ2) is 10.1. The molecule has 0 saturated carbocycles. The van der Waals surface area contributed by atoms with Gasteiger partial charge >= 0.3 is 18.1 Å². The van der Waals surface area contributed by atoms with Crippen molar-refractivity contribution in [3.63, 3.8) is 0 Å². The van der Waals surface area contributed by atoms with E-state index in [9.17, 15) is 28.0 Å². The van der Waals surface area contributed by atoms with Crippen molar-refractivity contribution in [3.05, 3.63) is 68.9 Å². The molecule has 0 radical (unpaired) electrons. The normalized spacial score (nSPS) is 24.3. The van der Waals surface area contributed by atoms with Crippen molar-refractivity contribution < 1.29 is 31.9 Å². The van der Waals surface area contributed by atoms with E-state index in [2.05, 4.69) is 32.1 Å². The Hall–Kier alpha value is -2.48. The summed E-state index contributed by atoms with van der Waals surface area (Å²) in [5.41, 5.74) is -1.84. The van der Waals surface area contributed by atoms with Gasteiger partial charge in [-0.15, -0.1) is 0 Å². The lowest BCUT2D eigenvalue weighted by Crippen LogP contribution is -2.44. The number of rotatable bonds is 4. The summed E-state index contributed by atoms with van der Waals surface area (Å²) in [6.45, 7) is 5.64. The third-order valence-corrected chi connectivity index (χ3v) is 6.89. The van der Waals surface area contributed by atoms with Gasteiger partial charge in [-0.3, -0.25) is 5.32 Å². The van der Waals surface area contributed by atoms with Crippen LogP contribution in [0.1, 0.15) is 44.2 Å². The van der Waals surface area contributed by atoms with Gasteiger partial charge in [0.2, 0.25) is 0 Å². The number of benzene rings is 2. The molecule has 1 N–H and O–H groups in total. The zero-order valence-corrected chi connectivity index (χ0v) is 21.8. The van der Waals surface area contributed by atoms with Crippen LogP contribution >= 0.6 is 27.5 Å². The number of ether oxygens (including phenoxy) is 1. The van der Waals surface area contributed by atoms with Gasteiger partial charge in [0, 0.05) is 16.4 Å². The summed E-state index contributed by atoms with van der Waals surface area (Å²) in [4.78, 5) is 24.5. The number of hydrogen-bond acceptors (Lipinski definition) is 5. The first-order valence-electron chi connectivity index (χ1n) is 10.8. The van der Waals surface area contributed by atoms with Crippen molar-refractivity contribution in [1.29, 1.82) is 5.26 Å². The number of halogens is 6. The van der Waals surface area contributed by atoms with E-state index in [0.29, 0.717) is 10.0 Å². The van der Waals surface area contributed by atoms with Crippen molar-refractivity contribution in [2.45, 2.75) is 56.8 Å². The van der Waals surface area contributed by atoms with Gasteiger partial charge in [0.1, 0.15) is 17.3 Å². The highest BCUT2D eigenvalue weighted by Crippen LogP contribution is 2.52. The average Bonchev–Trinajstić information content (AvgIpc) is 3.08. The lowest BCUT2D eigenvalue weighted by molar-refractivity contribution is -0.202. The second-order valence-electron chi connectivity index (χ2n) is 9.78. The van der Waals surface area contributed by atoms with E-state index in [1.165, 1.54) is 18.2 Å². The molecule has 1 aliphatic heterocycles. The van der Waals surface area contributed by atoms with Gasteiger partial charge < -0.3 is 4.74 Å². The predicted molar refractivity (Wildman–Crippen MR) is 128 cm³/mol. The molecule has 0 amide bonds. The molecule has 11 heteroatoms. The molecular weight excluding hydrogens is 568 g/mol. The first-order chi connectivity index (χ1) is 16.6. The fourth-order valence-corrected chi connectivity index (χ4v) is 5.12. The highest BCUT2D eigenvalue weighted by Gasteiger charge is 2.61. The van der Waals surface area contributed by atoms with Crippen molar-refractivity contribution >= 4 is 39.5 Å². The van der Waals surface area contributed by atoms with Gasteiger partial charge in [-0.2, -0.15) is 18.4 Å². The maximum absolute atomic E-state index is 15.4. The van der Waals surface area contributed by atoms with E-state index in [1.54, 1.807) is 24.3 Å². The largest absolute Gasteiger partial charge is 0.491 e. The predicted octanol–water partition coefficient (Wildman–Crippen LogP) is 6.20. The highest BCUT2D eigenvalue weighted by molar-refractivity contribution is 9.10.